The third kappa shape index (κ3) is 40.4. The van der Waals surface area contributed by atoms with Crippen LogP contribution in [0.4, 0.5) is 0 Å². The summed E-state index contributed by atoms with van der Waals surface area (Å²) >= 11 is 0. The summed E-state index contributed by atoms with van der Waals surface area (Å²) in [6, 6.07) is 0. The van der Waals surface area contributed by atoms with E-state index < -0.39 is 0 Å². The van der Waals surface area contributed by atoms with Gasteiger partial charge in [0.15, 0.2) is 0 Å². The zero-order valence-corrected chi connectivity index (χ0v) is 7.99. The molecule has 0 radical (unpaired) electrons. The van der Waals surface area contributed by atoms with Crippen molar-refractivity contribution in [3.63, 3.8) is 0 Å². The third-order valence-corrected chi connectivity index (χ3v) is 0.847. The van der Waals surface area contributed by atoms with E-state index in [2.05, 4.69) is 20.1 Å². The van der Waals surface area contributed by atoms with Gasteiger partial charge < -0.3 is 23.2 Å². The van der Waals surface area contributed by atoms with Gasteiger partial charge in [-0.25, -0.2) is 0 Å². The van der Waals surface area contributed by atoms with Crippen molar-refractivity contribution in [3.8, 4) is 0 Å². The molecule has 0 aromatic rings. The predicted octanol–water partition coefficient (Wildman–Crippen LogP) is -0.514. The van der Waals surface area contributed by atoms with Crippen molar-refractivity contribution >= 4 is 12.4 Å². The molecule has 0 rings (SSSR count). The van der Waals surface area contributed by atoms with Crippen LogP contribution in [0.5, 0.6) is 0 Å². The van der Waals surface area contributed by atoms with Crippen molar-refractivity contribution in [2.45, 2.75) is 33.6 Å². The molecule has 3 heteroatoms. The molecule has 0 unspecified atom stereocenters. The van der Waals surface area contributed by atoms with Crippen molar-refractivity contribution in [3.05, 3.63) is 0 Å². The first-order valence-corrected chi connectivity index (χ1v) is 3.42. The topological polar surface area (TPSA) is 47.7 Å². The van der Waals surface area contributed by atoms with Crippen LogP contribution in [0.2, 0.25) is 0 Å². The van der Waals surface area contributed by atoms with Crippen molar-refractivity contribution in [1.82, 2.24) is 0 Å². The smallest absolute Gasteiger partial charge is 0.519 e. The molecular formula is C8H16LiN2-. The molecule has 11 heavy (non-hydrogen) atoms. The Kier molecular flexibility index (Phi) is 25.7. The molecule has 0 bridgehead atoms. The molecular weight excluding hydrogens is 131 g/mol. The van der Waals surface area contributed by atoms with E-state index in [1.54, 1.807) is 6.92 Å². The van der Waals surface area contributed by atoms with Crippen molar-refractivity contribution in [2.24, 2.45) is 5.92 Å². The van der Waals surface area contributed by atoms with Crippen LogP contribution in [0, 0.1) is 16.7 Å². The number of rotatable bonds is 3. The molecule has 0 saturated heterocycles. The Morgan fingerprint density at radius 1 is 1.27 bits per heavy atom. The SMILES string of the molecule is CC(C)CC[C-]=N.C[C-]=N.[Li+]. The molecule has 0 amide bonds. The van der Waals surface area contributed by atoms with E-state index in [1.165, 1.54) is 0 Å². The summed E-state index contributed by atoms with van der Waals surface area (Å²) in [5.74, 6) is 0.720. The zero-order chi connectivity index (χ0) is 8.41. The minimum absolute atomic E-state index is 0. The Morgan fingerprint density at radius 2 is 1.64 bits per heavy atom. The second-order valence-electron chi connectivity index (χ2n) is 2.36. The first-order chi connectivity index (χ1) is 4.68. The van der Waals surface area contributed by atoms with Crippen molar-refractivity contribution < 1.29 is 18.9 Å². The fraction of sp³-hybridized carbons (Fsp3) is 0.750. The maximum atomic E-state index is 6.55. The van der Waals surface area contributed by atoms with Crippen molar-refractivity contribution in [1.29, 1.82) is 10.8 Å². The Hall–Kier alpha value is -0.0626. The van der Waals surface area contributed by atoms with Crippen LogP contribution in [0.1, 0.15) is 33.6 Å². The molecule has 2 N–H and O–H groups in total. The van der Waals surface area contributed by atoms with E-state index in [0.717, 1.165) is 18.8 Å². The van der Waals surface area contributed by atoms with Crippen LogP contribution in [-0.4, -0.2) is 12.4 Å². The summed E-state index contributed by atoms with van der Waals surface area (Å²) in [4.78, 5) is 0. The number of hydrogen-bond acceptors (Lipinski definition) is 2. The van der Waals surface area contributed by atoms with E-state index >= 15 is 0 Å². The zero-order valence-electron chi connectivity index (χ0n) is 7.99. The standard InChI is InChI=1S/C6H12N.C2H4N.Li/c1-6(2)4-3-5-7;1-2-3;/h6-7H,3-4H2,1-2H3;3H,1H3;/q2*-1;+1. The van der Waals surface area contributed by atoms with Crippen LogP contribution < -0.4 is 18.9 Å². The van der Waals surface area contributed by atoms with Gasteiger partial charge in [0.2, 0.25) is 0 Å². The normalized spacial score (nSPS) is 7.27. The fourth-order valence-electron chi connectivity index (χ4n) is 0.361. The first-order valence-electron chi connectivity index (χ1n) is 3.42. The van der Waals surface area contributed by atoms with Crippen molar-refractivity contribution in [2.75, 3.05) is 0 Å². The monoisotopic (exact) mass is 147 g/mol. The molecule has 0 heterocycles. The second kappa shape index (κ2) is 16.5. The average molecular weight is 147 g/mol. The molecule has 0 aliphatic carbocycles. The molecule has 0 spiro atoms. The number of hydrogen-bond donors (Lipinski definition) is 2. The Bertz CT molecular complexity index is 82.2. The van der Waals surface area contributed by atoms with E-state index in [-0.39, 0.29) is 18.9 Å². The second-order valence-corrected chi connectivity index (χ2v) is 2.36. The summed E-state index contributed by atoms with van der Waals surface area (Å²) in [5, 5.41) is 12.5. The van der Waals surface area contributed by atoms with E-state index in [1.807, 2.05) is 6.21 Å². The van der Waals surface area contributed by atoms with Crippen LogP contribution in [0.15, 0.2) is 0 Å². The molecule has 2 nitrogen and oxygen atoms in total. The van der Waals surface area contributed by atoms with Gasteiger partial charge in [0.05, 0.1) is 0 Å². The maximum absolute atomic E-state index is 6.55. The van der Waals surface area contributed by atoms with Crippen LogP contribution >= 0.6 is 0 Å². The van der Waals surface area contributed by atoms with E-state index in [4.69, 9.17) is 10.8 Å². The molecule has 0 atom stereocenters. The van der Waals surface area contributed by atoms with Gasteiger partial charge in [0, 0.05) is 0 Å². The van der Waals surface area contributed by atoms with Crippen LogP contribution in [0.3, 0.4) is 0 Å². The minimum atomic E-state index is 0. The quantitative estimate of drug-likeness (QED) is 0.307. The van der Waals surface area contributed by atoms with Gasteiger partial charge >= 0.3 is 18.9 Å². The van der Waals surface area contributed by atoms with Gasteiger partial charge in [0.1, 0.15) is 0 Å². The average Bonchev–Trinajstić information content (AvgIpc) is 1.85. The Labute approximate surface area is 82.0 Å². The van der Waals surface area contributed by atoms with Gasteiger partial charge in [0.25, 0.3) is 0 Å². The van der Waals surface area contributed by atoms with E-state index in [0.29, 0.717) is 0 Å². The maximum Gasteiger partial charge on any atom is 1.00 e. The molecule has 0 aliphatic heterocycles. The summed E-state index contributed by atoms with van der Waals surface area (Å²) in [6.07, 6.45) is 6.27. The molecule has 0 aliphatic rings. The largest absolute Gasteiger partial charge is 1.00 e. The van der Waals surface area contributed by atoms with Gasteiger partial charge in [-0.3, -0.25) is 0 Å². The minimum Gasteiger partial charge on any atom is -0.519 e. The molecule has 0 saturated carbocycles. The first kappa shape index (κ1) is 17.1. The third-order valence-electron chi connectivity index (χ3n) is 0.847. The molecule has 60 valence electrons. The van der Waals surface area contributed by atoms with Crippen LogP contribution in [-0.2, 0) is 0 Å². The molecule has 0 aromatic heterocycles. The predicted molar refractivity (Wildman–Crippen MR) is 45.2 cm³/mol. The molecule has 0 aromatic carbocycles. The summed E-state index contributed by atoms with van der Waals surface area (Å²) in [6.45, 7) is 5.84. The van der Waals surface area contributed by atoms with Gasteiger partial charge in [-0.1, -0.05) is 20.3 Å². The van der Waals surface area contributed by atoms with E-state index in [9.17, 15) is 0 Å². The Morgan fingerprint density at radius 3 is 1.73 bits per heavy atom. The summed E-state index contributed by atoms with van der Waals surface area (Å²) in [5.41, 5.74) is 0. The fourth-order valence-corrected chi connectivity index (χ4v) is 0.361. The Balaban J connectivity index is -0.000000140. The summed E-state index contributed by atoms with van der Waals surface area (Å²) in [7, 11) is 0. The van der Waals surface area contributed by atoms with Gasteiger partial charge in [-0.05, 0) is 5.92 Å². The van der Waals surface area contributed by atoms with Crippen LogP contribution in [0.25, 0.3) is 0 Å². The number of nitrogens with one attached hydrogen (secondary N) is 2. The van der Waals surface area contributed by atoms with Gasteiger partial charge in [-0.2, -0.15) is 13.3 Å². The summed E-state index contributed by atoms with van der Waals surface area (Å²) < 4.78 is 0. The van der Waals surface area contributed by atoms with Gasteiger partial charge in [-0.15, -0.1) is 0 Å². The molecule has 0 fully saturated rings.